The van der Waals surface area contributed by atoms with Crippen LogP contribution in [0.15, 0.2) is 60.9 Å². The second-order valence-electron chi connectivity index (χ2n) is 22.0. The third-order valence-corrected chi connectivity index (χ3v) is 13.8. The Bertz CT molecular complexity index is 3140. The van der Waals surface area contributed by atoms with Crippen molar-refractivity contribution in [3.05, 3.63) is 72.1 Å². The van der Waals surface area contributed by atoms with Crippen LogP contribution in [0.3, 0.4) is 0 Å². The molecule has 0 radical (unpaired) electrons. The third kappa shape index (κ3) is 22.5. The predicted octanol–water partition coefficient (Wildman–Crippen LogP) is -1.33. The Morgan fingerprint density at radius 3 is 1.26 bits per heavy atom. The summed E-state index contributed by atoms with van der Waals surface area (Å²) < 4.78 is 0. The Morgan fingerprint density at radius 2 is 0.828 bits per heavy atom. The monoisotopic (exact) mass is 1220 g/mol. The van der Waals surface area contributed by atoms with Gasteiger partial charge in [-0.1, -0.05) is 64.1 Å². The number of carboxylic acid groups (broad SMARTS) is 4. The van der Waals surface area contributed by atoms with Gasteiger partial charge in [-0.25, -0.2) is 4.79 Å². The van der Waals surface area contributed by atoms with Crippen molar-refractivity contribution in [1.82, 2.24) is 52.5 Å². The normalized spacial score (nSPS) is 14.8. The van der Waals surface area contributed by atoms with Gasteiger partial charge in [0.05, 0.1) is 18.6 Å². The summed E-state index contributed by atoms with van der Waals surface area (Å²) in [6.45, 7) is 8.01. The fraction of sp³-hybridized carbons (Fsp3) is 0.491. The molecular weight excluding hydrogens is 1140 g/mol. The number of benzene rings is 2. The second kappa shape index (κ2) is 33.3. The molecule has 0 aliphatic carbocycles. The van der Waals surface area contributed by atoms with Gasteiger partial charge in [0.2, 0.25) is 53.2 Å². The lowest BCUT2D eigenvalue weighted by molar-refractivity contribution is -0.144. The van der Waals surface area contributed by atoms with E-state index < -0.39 is 188 Å². The molecule has 4 rings (SSSR count). The summed E-state index contributed by atoms with van der Waals surface area (Å²) in [5, 5.41) is 69.3. The van der Waals surface area contributed by atoms with Crippen LogP contribution in [0.5, 0.6) is 0 Å². The maximum atomic E-state index is 14.8. The number of aliphatic hydroxyl groups is 1. The molecule has 10 atom stereocenters. The largest absolute Gasteiger partial charge is 0.481 e. The number of carbonyl (C=O) groups excluding carboxylic acids is 9. The van der Waals surface area contributed by atoms with Crippen LogP contribution in [0.25, 0.3) is 21.8 Å². The minimum absolute atomic E-state index is 0.0597. The molecule has 30 nitrogen and oxygen atoms in total. The van der Waals surface area contributed by atoms with E-state index in [1.807, 2.05) is 0 Å². The number of rotatable bonds is 37. The molecule has 2 aromatic carbocycles. The van der Waals surface area contributed by atoms with E-state index in [1.165, 1.54) is 0 Å². The average molecular weight is 1220 g/mol. The molecule has 10 unspecified atom stereocenters. The number of amides is 9. The zero-order valence-corrected chi connectivity index (χ0v) is 48.7. The van der Waals surface area contributed by atoms with Crippen LogP contribution in [0.2, 0.25) is 0 Å². The van der Waals surface area contributed by atoms with Crippen LogP contribution in [-0.2, 0) is 75.2 Å². The maximum absolute atomic E-state index is 14.8. The van der Waals surface area contributed by atoms with Crippen molar-refractivity contribution >= 4 is 98.8 Å². The maximum Gasteiger partial charge on any atom is 0.326 e. The fourth-order valence-electron chi connectivity index (χ4n) is 9.34. The molecule has 0 spiro atoms. The highest BCUT2D eigenvalue weighted by molar-refractivity contribution is 6.00. The van der Waals surface area contributed by atoms with Crippen molar-refractivity contribution in [2.45, 2.75) is 166 Å². The minimum atomic E-state index is -1.90. The van der Waals surface area contributed by atoms with Gasteiger partial charge in [0.1, 0.15) is 48.3 Å². The number of para-hydroxylation sites is 2. The molecule has 2 aromatic heterocycles. The van der Waals surface area contributed by atoms with Gasteiger partial charge in [-0.2, -0.15) is 0 Å². The van der Waals surface area contributed by atoms with Gasteiger partial charge in [0, 0.05) is 66.3 Å². The molecule has 0 bridgehead atoms. The van der Waals surface area contributed by atoms with Crippen molar-refractivity contribution in [1.29, 1.82) is 0 Å². The van der Waals surface area contributed by atoms with Gasteiger partial charge in [-0.05, 0) is 74.1 Å². The Labute approximate surface area is 498 Å². The molecule has 474 valence electrons. The highest BCUT2D eigenvalue weighted by Gasteiger charge is 2.37. The quantitative estimate of drug-likeness (QED) is 0.0249. The summed E-state index contributed by atoms with van der Waals surface area (Å²) >= 11 is 0. The average Bonchev–Trinajstić information content (AvgIpc) is 2.59. The molecule has 0 aliphatic rings. The summed E-state index contributed by atoms with van der Waals surface area (Å²) in [5.74, 6) is -16.0. The number of H-pyrrole nitrogens is 2. The second-order valence-corrected chi connectivity index (χ2v) is 22.0. The molecule has 9 amide bonds. The molecule has 19 N–H and O–H groups in total. The van der Waals surface area contributed by atoms with Crippen molar-refractivity contribution in [3.8, 4) is 0 Å². The minimum Gasteiger partial charge on any atom is -0.481 e. The number of aromatic nitrogens is 2. The van der Waals surface area contributed by atoms with Crippen molar-refractivity contribution in [2.24, 2.45) is 23.3 Å². The van der Waals surface area contributed by atoms with Crippen LogP contribution in [0.4, 0.5) is 0 Å². The lowest BCUT2D eigenvalue weighted by Crippen LogP contribution is -2.61. The molecule has 2 heterocycles. The molecule has 0 saturated heterocycles. The third-order valence-electron chi connectivity index (χ3n) is 13.8. The first-order chi connectivity index (χ1) is 40.9. The lowest BCUT2D eigenvalue weighted by atomic mass is 9.99. The van der Waals surface area contributed by atoms with Crippen LogP contribution in [-0.4, -0.2) is 173 Å². The van der Waals surface area contributed by atoms with E-state index in [1.54, 1.807) is 88.6 Å². The van der Waals surface area contributed by atoms with E-state index in [9.17, 15) is 82.8 Å². The molecule has 0 saturated carbocycles. The van der Waals surface area contributed by atoms with Crippen LogP contribution >= 0.6 is 0 Å². The number of aliphatic hydroxyl groups excluding tert-OH is 1. The Kier molecular flexibility index (Phi) is 26.8. The topological polar surface area (TPSA) is 503 Å². The summed E-state index contributed by atoms with van der Waals surface area (Å²) in [6, 6.07) is -1.18. The molecule has 87 heavy (non-hydrogen) atoms. The van der Waals surface area contributed by atoms with E-state index in [0.717, 1.165) is 6.92 Å². The molecule has 0 aliphatic heterocycles. The number of nitrogens with one attached hydrogen (secondary N) is 10. The van der Waals surface area contributed by atoms with Gasteiger partial charge in [-0.15, -0.1) is 0 Å². The molecule has 30 heteroatoms. The fourth-order valence-corrected chi connectivity index (χ4v) is 9.34. The number of aliphatic carboxylic acids is 4. The number of fused-ring (bicyclic) bond motifs is 2. The molecular formula is C57H78N12O18. The Balaban J connectivity index is 1.71. The predicted molar refractivity (Wildman–Crippen MR) is 310 cm³/mol. The van der Waals surface area contributed by atoms with Crippen LogP contribution in [0.1, 0.15) is 104 Å². The Hall–Kier alpha value is -9.45. The number of aromatic amines is 2. The number of hydrogen-bond acceptors (Lipinski definition) is 15. The summed E-state index contributed by atoms with van der Waals surface area (Å²) in [4.78, 5) is 178. The van der Waals surface area contributed by atoms with E-state index in [0.29, 0.717) is 32.9 Å². The van der Waals surface area contributed by atoms with Crippen molar-refractivity contribution in [3.63, 3.8) is 0 Å². The molecule has 4 aromatic rings. The van der Waals surface area contributed by atoms with E-state index in [2.05, 4.69) is 52.5 Å². The van der Waals surface area contributed by atoms with Gasteiger partial charge < -0.3 is 89.5 Å². The highest BCUT2D eigenvalue weighted by Crippen LogP contribution is 2.22. The van der Waals surface area contributed by atoms with Crippen molar-refractivity contribution < 1.29 is 87.9 Å². The first-order valence-electron chi connectivity index (χ1n) is 28.1. The van der Waals surface area contributed by atoms with Gasteiger partial charge in [-0.3, -0.25) is 57.5 Å². The number of nitrogens with two attached hydrogens (primary N) is 2. The lowest BCUT2D eigenvalue weighted by Gasteiger charge is -2.29. The number of primary amides is 1. The zero-order chi connectivity index (χ0) is 64.8. The number of carbonyl (C=O) groups is 13. The zero-order valence-electron chi connectivity index (χ0n) is 48.7. The smallest absolute Gasteiger partial charge is 0.326 e. The van der Waals surface area contributed by atoms with E-state index in [4.69, 9.17) is 16.6 Å². The van der Waals surface area contributed by atoms with Crippen LogP contribution < -0.4 is 54.0 Å². The number of hydrogen-bond donors (Lipinski definition) is 17. The summed E-state index contributed by atoms with van der Waals surface area (Å²) in [5.41, 5.74) is 13.6. The van der Waals surface area contributed by atoms with Crippen LogP contribution in [0, 0.1) is 11.8 Å². The van der Waals surface area contributed by atoms with Crippen molar-refractivity contribution in [2.75, 3.05) is 0 Å². The Morgan fingerprint density at radius 1 is 0.448 bits per heavy atom. The van der Waals surface area contributed by atoms with Gasteiger partial charge >= 0.3 is 23.9 Å². The SMILES string of the molecule is CC(C)CC(N)C(=O)NC(CC(=O)O)C(=O)NC(Cc1c[nH]c2ccccc12)C(=O)NC(CCC(=O)O)C(=O)NC(Cc1c[nH]c2ccccc12)C(=O)NC(CC(C)C)C(=O)NC(CCC(N)=O)C(=O)NC(C(=O)NC(CCC(=O)O)C(=O)O)C(C)O. The van der Waals surface area contributed by atoms with Gasteiger partial charge in [0.15, 0.2) is 0 Å². The summed E-state index contributed by atoms with van der Waals surface area (Å²) in [7, 11) is 0. The first kappa shape index (κ1) is 70.0. The molecule has 0 fully saturated rings. The standard InChI is InChI=1S/C57H78N12O18/c1-27(2)20-34(58)49(78)65-43(24-47(76)77)55(84)68-41(22-30-25-60-35-12-8-6-10-32(30)35)53(82)63-38(15-18-45(72)73)50(79)67-42(23-31-26-61-36-13-9-7-11-33(31)36)54(83)66-40(21-28(3)4)52(81)62-37(14-17-44(59)71)51(80)69-48(29(5)70)56(85)64-39(57(86)87)16-19-46(74)75/h6-13,25-29,34,37-43,48,60-61,70H,14-24,58H2,1-5H3,(H2,59,71)(H,62,81)(H,63,82)(H,64,85)(H,65,78)(H,66,83)(H,67,79)(H,68,84)(H,69,80)(H,72,73)(H,74,75)(H,76,77)(H,86,87). The highest BCUT2D eigenvalue weighted by atomic mass is 16.4. The summed E-state index contributed by atoms with van der Waals surface area (Å²) in [6.07, 6.45) is -3.80. The van der Waals surface area contributed by atoms with E-state index in [-0.39, 0.29) is 31.6 Å². The van der Waals surface area contributed by atoms with E-state index >= 15 is 0 Å². The van der Waals surface area contributed by atoms with Gasteiger partial charge in [0.25, 0.3) is 0 Å². The first-order valence-corrected chi connectivity index (χ1v) is 28.1. The number of carboxylic acids is 4.